The molecule has 3 aromatic heterocycles. The molecule has 0 bridgehead atoms. The van der Waals surface area contributed by atoms with E-state index < -0.39 is 5.69 Å². The third-order valence-electron chi connectivity index (χ3n) is 4.45. The number of para-hydroxylation sites is 1. The highest BCUT2D eigenvalue weighted by atomic mass is 32.1. The molecule has 0 saturated heterocycles. The number of amides is 1. The van der Waals surface area contributed by atoms with E-state index in [-0.39, 0.29) is 24.6 Å². The quantitative estimate of drug-likeness (QED) is 0.563. The Morgan fingerprint density at radius 2 is 1.93 bits per heavy atom. The van der Waals surface area contributed by atoms with Crippen LogP contribution < -0.4 is 16.6 Å². The molecule has 1 aromatic carbocycles. The molecule has 1 amide bonds. The molecular weight excluding hydrogens is 378 g/mol. The fraction of sp³-hybridized carbons (Fsp3) is 0.150. The lowest BCUT2D eigenvalue weighted by Gasteiger charge is -2.12. The minimum absolute atomic E-state index is 0.0118. The van der Waals surface area contributed by atoms with Crippen LogP contribution in [0.3, 0.4) is 0 Å². The minimum atomic E-state index is -0.549. The molecule has 0 aliphatic carbocycles. The van der Waals surface area contributed by atoms with E-state index in [4.69, 9.17) is 4.42 Å². The molecule has 0 unspecified atom stereocenters. The van der Waals surface area contributed by atoms with E-state index in [9.17, 15) is 14.4 Å². The number of nitrogens with one attached hydrogen (secondary N) is 1. The Kier molecular flexibility index (Phi) is 4.70. The fourth-order valence-electron chi connectivity index (χ4n) is 3.03. The van der Waals surface area contributed by atoms with Crippen LogP contribution in [0.15, 0.2) is 68.1 Å². The van der Waals surface area contributed by atoms with E-state index in [1.54, 1.807) is 29.6 Å². The number of aryl methyl sites for hydroxylation is 1. The smallest absolute Gasteiger partial charge is 0.332 e. The van der Waals surface area contributed by atoms with E-state index >= 15 is 0 Å². The number of thiophene rings is 1. The summed E-state index contributed by atoms with van der Waals surface area (Å²) >= 11 is 1.24. The number of rotatable bonds is 5. The van der Waals surface area contributed by atoms with Crippen molar-refractivity contribution in [3.05, 3.63) is 86.3 Å². The van der Waals surface area contributed by atoms with Crippen LogP contribution in [0.1, 0.15) is 11.3 Å². The first kappa shape index (κ1) is 18.0. The molecule has 0 atom stereocenters. The largest absolute Gasteiger partial charge is 0.467 e. The lowest BCUT2D eigenvalue weighted by Crippen LogP contribution is -2.41. The molecule has 0 spiro atoms. The van der Waals surface area contributed by atoms with Crippen molar-refractivity contribution in [2.45, 2.75) is 20.0 Å². The Morgan fingerprint density at radius 1 is 1.11 bits per heavy atom. The van der Waals surface area contributed by atoms with E-state index in [0.717, 1.165) is 10.1 Å². The predicted octanol–water partition coefficient (Wildman–Crippen LogP) is 2.81. The van der Waals surface area contributed by atoms with E-state index in [0.29, 0.717) is 21.7 Å². The van der Waals surface area contributed by atoms with Crippen LogP contribution in [-0.4, -0.2) is 15.0 Å². The van der Waals surface area contributed by atoms with Gasteiger partial charge in [-0.2, -0.15) is 0 Å². The molecule has 0 saturated carbocycles. The Morgan fingerprint density at radius 3 is 2.68 bits per heavy atom. The molecule has 3 heterocycles. The number of benzene rings is 1. The number of hydrogen-bond donors (Lipinski definition) is 1. The molecule has 28 heavy (non-hydrogen) atoms. The summed E-state index contributed by atoms with van der Waals surface area (Å²) in [6.45, 7) is 1.71. The van der Waals surface area contributed by atoms with Gasteiger partial charge in [0.25, 0.3) is 5.56 Å². The average molecular weight is 395 g/mol. The van der Waals surface area contributed by atoms with E-state index in [1.165, 1.54) is 22.2 Å². The summed E-state index contributed by atoms with van der Waals surface area (Å²) in [5, 5.41) is 4.56. The van der Waals surface area contributed by atoms with Crippen molar-refractivity contribution in [2.75, 3.05) is 5.32 Å². The van der Waals surface area contributed by atoms with Gasteiger partial charge in [0.1, 0.15) is 17.0 Å². The van der Waals surface area contributed by atoms with E-state index in [2.05, 4.69) is 5.32 Å². The second-order valence-electron chi connectivity index (χ2n) is 6.34. The van der Waals surface area contributed by atoms with Crippen molar-refractivity contribution < 1.29 is 9.21 Å². The summed E-state index contributed by atoms with van der Waals surface area (Å²) in [6.07, 6.45) is 1.48. The summed E-state index contributed by atoms with van der Waals surface area (Å²) < 4.78 is 8.12. The summed E-state index contributed by atoms with van der Waals surface area (Å²) in [5.41, 5.74) is 1.13. The maximum Gasteiger partial charge on any atom is 0.332 e. The van der Waals surface area contributed by atoms with Crippen molar-refractivity contribution in [3.8, 4) is 0 Å². The Hall–Kier alpha value is -3.39. The number of anilines is 1. The van der Waals surface area contributed by atoms with Crippen LogP contribution in [0.5, 0.6) is 0 Å². The first-order valence-corrected chi connectivity index (χ1v) is 9.51. The zero-order valence-corrected chi connectivity index (χ0v) is 15.9. The third kappa shape index (κ3) is 3.29. The Labute approximate surface area is 163 Å². The molecule has 4 rings (SSSR count). The molecule has 142 valence electrons. The predicted molar refractivity (Wildman–Crippen MR) is 108 cm³/mol. The Bertz CT molecular complexity index is 1260. The summed E-state index contributed by atoms with van der Waals surface area (Å²) in [6, 6.07) is 12.5. The standard InChI is InChI=1S/C20H17N3O4S/c1-13-5-2-3-7-15(13)21-17(24)12-22-16-8-10-28-18(16)19(25)23(20(22)26)11-14-6-4-9-27-14/h2-10H,11-12H2,1H3,(H,21,24). The highest BCUT2D eigenvalue weighted by molar-refractivity contribution is 7.17. The van der Waals surface area contributed by atoms with Crippen molar-refractivity contribution in [3.63, 3.8) is 0 Å². The van der Waals surface area contributed by atoms with Gasteiger partial charge in [-0.1, -0.05) is 18.2 Å². The molecule has 0 fully saturated rings. The molecular formula is C20H17N3O4S. The van der Waals surface area contributed by atoms with Gasteiger partial charge in [0.05, 0.1) is 18.3 Å². The molecule has 0 aliphatic heterocycles. The van der Waals surface area contributed by atoms with Crippen molar-refractivity contribution in [1.82, 2.24) is 9.13 Å². The molecule has 7 nitrogen and oxygen atoms in total. The summed E-state index contributed by atoms with van der Waals surface area (Å²) in [4.78, 5) is 38.3. The average Bonchev–Trinajstić information content (AvgIpc) is 3.36. The molecule has 0 radical (unpaired) electrons. The highest BCUT2D eigenvalue weighted by Gasteiger charge is 2.17. The third-order valence-corrected chi connectivity index (χ3v) is 5.34. The molecule has 4 aromatic rings. The molecule has 0 aliphatic rings. The number of carbonyl (C=O) groups is 1. The number of fused-ring (bicyclic) bond motifs is 1. The first-order valence-electron chi connectivity index (χ1n) is 8.63. The van der Waals surface area contributed by atoms with Crippen molar-refractivity contribution in [1.29, 1.82) is 0 Å². The zero-order chi connectivity index (χ0) is 19.7. The minimum Gasteiger partial charge on any atom is -0.467 e. The van der Waals surface area contributed by atoms with Gasteiger partial charge in [-0.25, -0.2) is 4.79 Å². The molecule has 8 heteroatoms. The number of carbonyl (C=O) groups excluding carboxylic acids is 1. The van der Waals surface area contributed by atoms with Gasteiger partial charge in [-0.3, -0.25) is 18.7 Å². The van der Waals surface area contributed by atoms with Gasteiger partial charge in [0.2, 0.25) is 5.91 Å². The topological polar surface area (TPSA) is 86.2 Å². The van der Waals surface area contributed by atoms with E-state index in [1.807, 2.05) is 25.1 Å². The van der Waals surface area contributed by atoms with Gasteiger partial charge in [-0.15, -0.1) is 11.3 Å². The van der Waals surface area contributed by atoms with Crippen LogP contribution in [0.25, 0.3) is 10.2 Å². The first-order chi connectivity index (χ1) is 13.5. The number of aromatic nitrogens is 2. The maximum absolute atomic E-state index is 13.0. The summed E-state index contributed by atoms with van der Waals surface area (Å²) in [7, 11) is 0. The van der Waals surface area contributed by atoms with Crippen LogP contribution in [0, 0.1) is 6.92 Å². The number of nitrogens with zero attached hydrogens (tertiary/aromatic N) is 2. The SMILES string of the molecule is Cc1ccccc1NC(=O)Cn1c(=O)n(Cc2ccco2)c(=O)c2sccc21. The number of hydrogen-bond acceptors (Lipinski definition) is 5. The van der Waals surface area contributed by atoms with Gasteiger partial charge in [0, 0.05) is 5.69 Å². The lowest BCUT2D eigenvalue weighted by atomic mass is 10.2. The maximum atomic E-state index is 13.0. The second-order valence-corrected chi connectivity index (χ2v) is 7.25. The number of furan rings is 1. The highest BCUT2D eigenvalue weighted by Crippen LogP contribution is 2.17. The zero-order valence-electron chi connectivity index (χ0n) is 15.0. The Balaban J connectivity index is 1.73. The second kappa shape index (κ2) is 7.32. The van der Waals surface area contributed by atoms with Crippen LogP contribution >= 0.6 is 11.3 Å². The monoisotopic (exact) mass is 395 g/mol. The van der Waals surface area contributed by atoms with Gasteiger partial charge < -0.3 is 9.73 Å². The fourth-order valence-corrected chi connectivity index (χ4v) is 3.87. The molecule has 1 N–H and O–H groups in total. The normalized spacial score (nSPS) is 11.0. The van der Waals surface area contributed by atoms with Crippen molar-refractivity contribution in [2.24, 2.45) is 0 Å². The van der Waals surface area contributed by atoms with Gasteiger partial charge in [-0.05, 0) is 42.1 Å². The van der Waals surface area contributed by atoms with Gasteiger partial charge in [0.15, 0.2) is 0 Å². The van der Waals surface area contributed by atoms with Crippen LogP contribution in [-0.2, 0) is 17.9 Å². The van der Waals surface area contributed by atoms with Gasteiger partial charge >= 0.3 is 5.69 Å². The van der Waals surface area contributed by atoms with Crippen molar-refractivity contribution >= 4 is 33.1 Å². The summed E-state index contributed by atoms with van der Waals surface area (Å²) in [5.74, 6) is 0.151. The van der Waals surface area contributed by atoms with Crippen LogP contribution in [0.4, 0.5) is 5.69 Å². The lowest BCUT2D eigenvalue weighted by molar-refractivity contribution is -0.116. The van der Waals surface area contributed by atoms with Crippen LogP contribution in [0.2, 0.25) is 0 Å².